The van der Waals surface area contributed by atoms with Crippen molar-refractivity contribution in [2.75, 3.05) is 6.61 Å². The molecule has 0 saturated carbocycles. The smallest absolute Gasteiger partial charge is 0.261 e. The van der Waals surface area contributed by atoms with Crippen molar-refractivity contribution in [3.8, 4) is 5.75 Å². The van der Waals surface area contributed by atoms with E-state index in [0.717, 1.165) is 6.42 Å². The van der Waals surface area contributed by atoms with Crippen molar-refractivity contribution in [2.45, 2.75) is 43.5 Å². The summed E-state index contributed by atoms with van der Waals surface area (Å²) in [5.74, 6) is -0.178. The maximum absolute atomic E-state index is 12.4. The Bertz CT molecular complexity index is 670. The number of carbonyl (C=O) groups is 1. The summed E-state index contributed by atoms with van der Waals surface area (Å²) in [5, 5.41) is 2.95. The highest BCUT2D eigenvalue weighted by atomic mass is 35.7. The van der Waals surface area contributed by atoms with E-state index in [1.54, 1.807) is 0 Å². The maximum atomic E-state index is 12.4. The van der Waals surface area contributed by atoms with Crippen LogP contribution < -0.4 is 10.1 Å². The molecule has 1 amide bonds. The van der Waals surface area contributed by atoms with Crippen molar-refractivity contribution in [1.82, 2.24) is 5.32 Å². The van der Waals surface area contributed by atoms with Gasteiger partial charge in [-0.2, -0.15) is 0 Å². The van der Waals surface area contributed by atoms with E-state index < -0.39 is 15.0 Å². The second kappa shape index (κ2) is 5.50. The van der Waals surface area contributed by atoms with E-state index in [0.29, 0.717) is 11.3 Å². The number of halogens is 1. The molecule has 0 aromatic heterocycles. The van der Waals surface area contributed by atoms with Crippen LogP contribution >= 0.6 is 10.7 Å². The monoisotopic (exact) mass is 331 g/mol. The lowest BCUT2D eigenvalue weighted by Crippen LogP contribution is -2.45. The average Bonchev–Trinajstić information content (AvgIpc) is 2.80. The minimum Gasteiger partial charge on any atom is -0.492 e. The van der Waals surface area contributed by atoms with Gasteiger partial charge in [0.05, 0.1) is 4.90 Å². The normalized spacial score (nSPS) is 18.0. The van der Waals surface area contributed by atoms with Gasteiger partial charge in [-0.15, -0.1) is 0 Å². The molecule has 1 aromatic rings. The van der Waals surface area contributed by atoms with Crippen LogP contribution in [0.25, 0.3) is 0 Å². The standard InChI is InChI=1S/C14H18ClNO4S/c1-4-14(2,3)16-13(17)11-8-20-12-6-5-9(7-10(11)12)21(15,18)19/h5-7,11H,4,8H2,1-3H3,(H,16,17). The topological polar surface area (TPSA) is 72.5 Å². The first-order chi connectivity index (χ1) is 9.64. The molecule has 1 atom stereocenters. The van der Waals surface area contributed by atoms with Gasteiger partial charge in [-0.3, -0.25) is 4.79 Å². The predicted molar refractivity (Wildman–Crippen MR) is 80.2 cm³/mol. The summed E-state index contributed by atoms with van der Waals surface area (Å²) >= 11 is 0. The predicted octanol–water partition coefficient (Wildman–Crippen LogP) is 2.39. The maximum Gasteiger partial charge on any atom is 0.261 e. The van der Waals surface area contributed by atoms with Gasteiger partial charge in [-0.1, -0.05) is 6.92 Å². The number of amides is 1. The van der Waals surface area contributed by atoms with Gasteiger partial charge < -0.3 is 10.1 Å². The SMILES string of the molecule is CCC(C)(C)NC(=O)C1COc2ccc(S(=O)(=O)Cl)cc21. The van der Waals surface area contributed by atoms with Gasteiger partial charge >= 0.3 is 0 Å². The van der Waals surface area contributed by atoms with Gasteiger partial charge in [0, 0.05) is 21.8 Å². The second-order valence-corrected chi connectivity index (χ2v) is 8.29. The average molecular weight is 332 g/mol. The van der Waals surface area contributed by atoms with Gasteiger partial charge in [0.15, 0.2) is 0 Å². The zero-order valence-corrected chi connectivity index (χ0v) is 13.7. The Balaban J connectivity index is 2.31. The summed E-state index contributed by atoms with van der Waals surface area (Å²) in [6.07, 6.45) is 0.787. The van der Waals surface area contributed by atoms with E-state index in [4.69, 9.17) is 15.4 Å². The summed E-state index contributed by atoms with van der Waals surface area (Å²) in [4.78, 5) is 12.3. The van der Waals surface area contributed by atoms with Crippen molar-refractivity contribution in [3.63, 3.8) is 0 Å². The van der Waals surface area contributed by atoms with E-state index >= 15 is 0 Å². The number of fused-ring (bicyclic) bond motifs is 1. The fourth-order valence-corrected chi connectivity index (χ4v) is 2.86. The number of carbonyl (C=O) groups excluding carboxylic acids is 1. The molecule has 1 N–H and O–H groups in total. The minimum absolute atomic E-state index is 0.0269. The largest absolute Gasteiger partial charge is 0.492 e. The molecule has 1 aliphatic heterocycles. The zero-order valence-electron chi connectivity index (χ0n) is 12.1. The van der Waals surface area contributed by atoms with Crippen LogP contribution in [0, 0.1) is 0 Å². The molecule has 1 unspecified atom stereocenters. The summed E-state index contributed by atoms with van der Waals surface area (Å²) in [5.41, 5.74) is 0.233. The first-order valence-corrected chi connectivity index (χ1v) is 8.98. The van der Waals surface area contributed by atoms with Gasteiger partial charge in [-0.25, -0.2) is 8.42 Å². The first-order valence-electron chi connectivity index (χ1n) is 6.67. The molecule has 1 heterocycles. The number of ether oxygens (including phenoxy) is 1. The van der Waals surface area contributed by atoms with Gasteiger partial charge in [-0.05, 0) is 38.5 Å². The molecule has 5 nitrogen and oxygen atoms in total. The van der Waals surface area contributed by atoms with E-state index in [1.807, 2.05) is 20.8 Å². The second-order valence-electron chi connectivity index (χ2n) is 5.73. The van der Waals surface area contributed by atoms with Gasteiger partial charge in [0.25, 0.3) is 9.05 Å². The molecular weight excluding hydrogens is 314 g/mol. The molecule has 0 bridgehead atoms. The molecule has 0 aliphatic carbocycles. The molecule has 0 fully saturated rings. The molecule has 0 radical (unpaired) electrons. The van der Waals surface area contributed by atoms with E-state index in [-0.39, 0.29) is 22.9 Å². The zero-order chi connectivity index (χ0) is 15.8. The first kappa shape index (κ1) is 16.1. The van der Waals surface area contributed by atoms with Crippen LogP contribution in [0.4, 0.5) is 0 Å². The van der Waals surface area contributed by atoms with Crippen LogP contribution in [0.5, 0.6) is 5.75 Å². The molecule has 21 heavy (non-hydrogen) atoms. The third-order valence-corrected chi connectivity index (χ3v) is 5.06. The van der Waals surface area contributed by atoms with Crippen molar-refractivity contribution < 1.29 is 17.9 Å². The highest BCUT2D eigenvalue weighted by molar-refractivity contribution is 8.13. The number of hydrogen-bond donors (Lipinski definition) is 1. The highest BCUT2D eigenvalue weighted by Crippen LogP contribution is 2.36. The van der Waals surface area contributed by atoms with Crippen molar-refractivity contribution >= 4 is 25.6 Å². The van der Waals surface area contributed by atoms with Crippen molar-refractivity contribution in [2.24, 2.45) is 0 Å². The fraction of sp³-hybridized carbons (Fsp3) is 0.500. The lowest BCUT2D eigenvalue weighted by molar-refractivity contribution is -0.124. The molecule has 1 aliphatic rings. The Morgan fingerprint density at radius 3 is 2.71 bits per heavy atom. The molecule has 0 spiro atoms. The quantitative estimate of drug-likeness (QED) is 0.860. The lowest BCUT2D eigenvalue weighted by Gasteiger charge is -2.26. The highest BCUT2D eigenvalue weighted by Gasteiger charge is 2.33. The van der Waals surface area contributed by atoms with Crippen LogP contribution in [0.15, 0.2) is 23.1 Å². The Kier molecular flexibility index (Phi) is 4.22. The molecule has 0 saturated heterocycles. The summed E-state index contributed by atoms with van der Waals surface area (Å²) in [7, 11) is 1.52. The number of rotatable bonds is 4. The lowest BCUT2D eigenvalue weighted by atomic mass is 9.96. The van der Waals surface area contributed by atoms with Crippen LogP contribution in [0.2, 0.25) is 0 Å². The van der Waals surface area contributed by atoms with E-state index in [1.165, 1.54) is 18.2 Å². The van der Waals surface area contributed by atoms with Gasteiger partial charge in [0.1, 0.15) is 18.3 Å². The Labute approximate surface area is 129 Å². The van der Waals surface area contributed by atoms with Gasteiger partial charge in [0.2, 0.25) is 5.91 Å². The fourth-order valence-electron chi connectivity index (χ4n) is 2.07. The molecule has 2 rings (SSSR count). The summed E-state index contributed by atoms with van der Waals surface area (Å²) in [6, 6.07) is 4.31. The third-order valence-electron chi connectivity index (χ3n) is 3.71. The van der Waals surface area contributed by atoms with E-state index in [2.05, 4.69) is 5.32 Å². The van der Waals surface area contributed by atoms with E-state index in [9.17, 15) is 13.2 Å². The van der Waals surface area contributed by atoms with Crippen LogP contribution in [-0.2, 0) is 13.8 Å². The summed E-state index contributed by atoms with van der Waals surface area (Å²) in [6.45, 7) is 6.05. The Morgan fingerprint density at radius 2 is 2.14 bits per heavy atom. The molecular formula is C14H18ClNO4S. The summed E-state index contributed by atoms with van der Waals surface area (Å²) < 4.78 is 28.3. The molecule has 7 heteroatoms. The van der Waals surface area contributed by atoms with Crippen molar-refractivity contribution in [1.29, 1.82) is 0 Å². The third kappa shape index (κ3) is 3.49. The van der Waals surface area contributed by atoms with Crippen LogP contribution in [-0.4, -0.2) is 26.5 Å². The number of nitrogens with one attached hydrogen (secondary N) is 1. The number of hydrogen-bond acceptors (Lipinski definition) is 4. The van der Waals surface area contributed by atoms with Crippen LogP contribution in [0.3, 0.4) is 0 Å². The molecule has 116 valence electrons. The van der Waals surface area contributed by atoms with Crippen molar-refractivity contribution in [3.05, 3.63) is 23.8 Å². The minimum atomic E-state index is -3.83. The van der Waals surface area contributed by atoms with Crippen LogP contribution in [0.1, 0.15) is 38.7 Å². The Hall–Kier alpha value is -1.27. The Morgan fingerprint density at radius 1 is 1.48 bits per heavy atom. The number of benzene rings is 1. The molecule has 1 aromatic carbocycles.